The number of anilines is 1. The molecule has 2 aromatic rings. The molecule has 124 valence electrons. The van der Waals surface area contributed by atoms with Crippen LogP contribution in [0.15, 0.2) is 41.3 Å². The van der Waals surface area contributed by atoms with E-state index in [4.69, 9.17) is 0 Å². The highest BCUT2D eigenvalue weighted by Crippen LogP contribution is 2.32. The molecule has 3 rings (SSSR count). The third-order valence-electron chi connectivity index (χ3n) is 4.32. The number of aliphatic hydroxyl groups is 1. The summed E-state index contributed by atoms with van der Waals surface area (Å²) in [4.78, 5) is 2.29. The van der Waals surface area contributed by atoms with Crippen LogP contribution >= 0.6 is 0 Å². The molecule has 0 aliphatic carbocycles. The van der Waals surface area contributed by atoms with Gasteiger partial charge in [0.1, 0.15) is 0 Å². The molecule has 1 unspecified atom stereocenters. The van der Waals surface area contributed by atoms with E-state index in [0.29, 0.717) is 24.3 Å². The van der Waals surface area contributed by atoms with Gasteiger partial charge in [-0.2, -0.15) is 4.31 Å². The molecule has 1 aliphatic rings. The Bertz CT molecular complexity index is 818. The van der Waals surface area contributed by atoms with Gasteiger partial charge in [-0.05, 0) is 25.0 Å². The van der Waals surface area contributed by atoms with Crippen LogP contribution in [0.25, 0.3) is 10.8 Å². The summed E-state index contributed by atoms with van der Waals surface area (Å²) in [5.41, 5.74) is 0.984. The molecule has 1 saturated heterocycles. The second kappa shape index (κ2) is 6.11. The van der Waals surface area contributed by atoms with Crippen molar-refractivity contribution in [3.8, 4) is 0 Å². The molecule has 0 saturated carbocycles. The predicted octanol–water partition coefficient (Wildman–Crippen LogP) is 2.05. The number of hydrogen-bond donors (Lipinski definition) is 1. The molecule has 6 heteroatoms. The highest BCUT2D eigenvalue weighted by Gasteiger charge is 2.30. The molecule has 0 spiro atoms. The molecular formula is C17H22N2O3S. The van der Waals surface area contributed by atoms with E-state index in [1.807, 2.05) is 43.3 Å². The minimum absolute atomic E-state index is 0.173. The quantitative estimate of drug-likeness (QED) is 0.933. The number of fused-ring (bicyclic) bond motifs is 1. The number of sulfonamides is 1. The van der Waals surface area contributed by atoms with Crippen LogP contribution in [0.1, 0.15) is 12.8 Å². The first-order valence-electron chi connectivity index (χ1n) is 7.78. The van der Waals surface area contributed by atoms with E-state index < -0.39 is 16.1 Å². The second-order valence-corrected chi connectivity index (χ2v) is 8.09. The maximum Gasteiger partial charge on any atom is 0.243 e. The van der Waals surface area contributed by atoms with Crippen LogP contribution in [0.2, 0.25) is 0 Å². The zero-order valence-corrected chi connectivity index (χ0v) is 14.3. The maximum absolute atomic E-state index is 13.0. The summed E-state index contributed by atoms with van der Waals surface area (Å²) < 4.78 is 27.5. The molecule has 23 heavy (non-hydrogen) atoms. The highest BCUT2D eigenvalue weighted by molar-refractivity contribution is 7.89. The van der Waals surface area contributed by atoms with Crippen molar-refractivity contribution in [3.63, 3.8) is 0 Å². The summed E-state index contributed by atoms with van der Waals surface area (Å²) in [6.07, 6.45) is 0.770. The number of β-amino-alcohol motifs (C(OH)–C–C–N with tert-alkyl or cyclic N) is 1. The van der Waals surface area contributed by atoms with E-state index in [1.165, 1.54) is 4.31 Å². The Morgan fingerprint density at radius 1 is 1.13 bits per heavy atom. The van der Waals surface area contributed by atoms with Gasteiger partial charge in [0.25, 0.3) is 0 Å². The Kier molecular flexibility index (Phi) is 4.31. The molecular weight excluding hydrogens is 312 g/mol. The van der Waals surface area contributed by atoms with Crippen molar-refractivity contribution in [2.75, 3.05) is 32.1 Å². The van der Waals surface area contributed by atoms with Crippen molar-refractivity contribution < 1.29 is 13.5 Å². The number of nitrogens with zero attached hydrogens (tertiary/aromatic N) is 2. The number of benzene rings is 2. The Morgan fingerprint density at radius 3 is 2.52 bits per heavy atom. The van der Waals surface area contributed by atoms with Gasteiger partial charge in [0.15, 0.2) is 0 Å². The van der Waals surface area contributed by atoms with Gasteiger partial charge in [0, 0.05) is 43.6 Å². The van der Waals surface area contributed by atoms with Crippen LogP contribution in [-0.4, -0.2) is 51.1 Å². The number of piperidine rings is 1. The number of rotatable bonds is 3. The minimum Gasteiger partial charge on any atom is -0.392 e. The van der Waals surface area contributed by atoms with Crippen LogP contribution in [-0.2, 0) is 10.0 Å². The Morgan fingerprint density at radius 2 is 1.83 bits per heavy atom. The molecule has 1 fully saturated rings. The SMILES string of the molecule is CN(C)c1cccc2c(S(=O)(=O)N3CCCC(O)C3)cccc12. The Balaban J connectivity index is 2.14. The van der Waals surface area contributed by atoms with Crippen LogP contribution in [0.3, 0.4) is 0 Å². The van der Waals surface area contributed by atoms with Gasteiger partial charge in [0.05, 0.1) is 11.0 Å². The van der Waals surface area contributed by atoms with E-state index in [9.17, 15) is 13.5 Å². The molecule has 1 heterocycles. The predicted molar refractivity (Wildman–Crippen MR) is 92.3 cm³/mol. The average Bonchev–Trinajstić information content (AvgIpc) is 2.53. The fraction of sp³-hybridized carbons (Fsp3) is 0.412. The summed E-state index contributed by atoms with van der Waals surface area (Å²) in [5.74, 6) is 0. The molecule has 1 atom stereocenters. The van der Waals surface area contributed by atoms with E-state index in [1.54, 1.807) is 12.1 Å². The first-order valence-corrected chi connectivity index (χ1v) is 9.22. The lowest BCUT2D eigenvalue weighted by Crippen LogP contribution is -2.42. The number of hydrogen-bond acceptors (Lipinski definition) is 4. The van der Waals surface area contributed by atoms with Crippen LogP contribution in [0, 0.1) is 0 Å². The molecule has 5 nitrogen and oxygen atoms in total. The monoisotopic (exact) mass is 334 g/mol. The third-order valence-corrected chi connectivity index (χ3v) is 6.24. The van der Waals surface area contributed by atoms with E-state index in [0.717, 1.165) is 16.5 Å². The van der Waals surface area contributed by atoms with Crippen molar-refractivity contribution in [2.45, 2.75) is 23.8 Å². The normalized spacial score (nSPS) is 19.9. The van der Waals surface area contributed by atoms with Crippen LogP contribution in [0.4, 0.5) is 5.69 Å². The smallest absolute Gasteiger partial charge is 0.243 e. The van der Waals surface area contributed by atoms with E-state index in [2.05, 4.69) is 0 Å². The van der Waals surface area contributed by atoms with Gasteiger partial charge in [-0.1, -0.05) is 24.3 Å². The van der Waals surface area contributed by atoms with Crippen molar-refractivity contribution in [3.05, 3.63) is 36.4 Å². The summed E-state index contributed by atoms with van der Waals surface area (Å²) in [5, 5.41) is 11.4. The lowest BCUT2D eigenvalue weighted by molar-refractivity contribution is 0.108. The molecule has 0 amide bonds. The molecule has 1 N–H and O–H groups in total. The first-order chi connectivity index (χ1) is 10.9. The first kappa shape index (κ1) is 16.2. The average molecular weight is 334 g/mol. The lowest BCUT2D eigenvalue weighted by Gasteiger charge is -2.29. The molecule has 0 radical (unpaired) electrons. The fourth-order valence-electron chi connectivity index (χ4n) is 3.16. The van der Waals surface area contributed by atoms with Gasteiger partial charge in [-0.25, -0.2) is 8.42 Å². The minimum atomic E-state index is -3.61. The van der Waals surface area contributed by atoms with Gasteiger partial charge in [-0.3, -0.25) is 0 Å². The summed E-state index contributed by atoms with van der Waals surface area (Å²) in [7, 11) is 0.274. The van der Waals surface area contributed by atoms with Crippen molar-refractivity contribution in [2.24, 2.45) is 0 Å². The van der Waals surface area contributed by atoms with Crippen LogP contribution in [0.5, 0.6) is 0 Å². The van der Waals surface area contributed by atoms with Gasteiger partial charge >= 0.3 is 0 Å². The molecule has 1 aliphatic heterocycles. The fourth-order valence-corrected chi connectivity index (χ4v) is 4.88. The largest absolute Gasteiger partial charge is 0.392 e. The zero-order valence-electron chi connectivity index (χ0n) is 13.4. The van der Waals surface area contributed by atoms with E-state index >= 15 is 0 Å². The highest BCUT2D eigenvalue weighted by atomic mass is 32.2. The van der Waals surface area contributed by atoms with Gasteiger partial charge < -0.3 is 10.0 Å². The van der Waals surface area contributed by atoms with Crippen LogP contribution < -0.4 is 4.90 Å². The van der Waals surface area contributed by atoms with Gasteiger partial charge in [0.2, 0.25) is 10.0 Å². The summed E-state index contributed by atoms with van der Waals surface area (Å²) >= 11 is 0. The van der Waals surface area contributed by atoms with Crippen molar-refractivity contribution >= 4 is 26.5 Å². The summed E-state index contributed by atoms with van der Waals surface area (Å²) in [6.45, 7) is 0.634. The summed E-state index contributed by atoms with van der Waals surface area (Å²) in [6, 6.07) is 11.1. The Labute approximate surface area is 137 Å². The maximum atomic E-state index is 13.0. The number of aliphatic hydroxyl groups excluding tert-OH is 1. The standard InChI is InChI=1S/C17H22N2O3S/c1-18(2)16-9-3-8-15-14(16)7-4-10-17(15)23(21,22)19-11-5-6-13(20)12-19/h3-4,7-10,13,20H,5-6,11-12H2,1-2H3. The molecule has 2 aromatic carbocycles. The third kappa shape index (κ3) is 2.94. The lowest BCUT2D eigenvalue weighted by atomic mass is 10.1. The second-order valence-electron chi connectivity index (χ2n) is 6.18. The zero-order chi connectivity index (χ0) is 16.6. The Hall–Kier alpha value is -1.63. The molecule has 0 bridgehead atoms. The molecule has 0 aromatic heterocycles. The van der Waals surface area contributed by atoms with E-state index in [-0.39, 0.29) is 6.54 Å². The van der Waals surface area contributed by atoms with Gasteiger partial charge in [-0.15, -0.1) is 0 Å². The van der Waals surface area contributed by atoms with Crippen molar-refractivity contribution in [1.29, 1.82) is 0 Å². The van der Waals surface area contributed by atoms with Crippen molar-refractivity contribution in [1.82, 2.24) is 4.31 Å². The topological polar surface area (TPSA) is 60.9 Å².